The number of aliphatic hydroxyl groups excluding tert-OH is 4. The SMILES string of the molecule is C=CCC(O)C(O)CC(O)C(O)C1CCC2(O)OC3(O)CC4(O)OC5/C=C\CC6OC7CC8OC9CC%10(O)OC(O)(COCc%11ccccc%11)C(OCc%11ccccc%11)CC%10OC9(O)CCC8(O)OC7(O)CC6OC5CC4OC3CC2O1. The molecule has 454 valence electrons. The second-order valence-corrected chi connectivity index (χ2v) is 24.5. The minimum atomic E-state index is -2.27. The highest BCUT2D eigenvalue weighted by atomic mass is 16.8. The normalized spacial score (nSPS) is 48.7. The van der Waals surface area contributed by atoms with E-state index in [4.69, 9.17) is 56.8 Å². The van der Waals surface area contributed by atoms with Gasteiger partial charge in [-0.2, -0.15) is 0 Å². The maximum absolute atomic E-state index is 12.5. The predicted octanol–water partition coefficient (Wildman–Crippen LogP) is -0.330. The van der Waals surface area contributed by atoms with E-state index in [1.165, 1.54) is 6.08 Å². The lowest BCUT2D eigenvalue weighted by Crippen LogP contribution is -2.74. The van der Waals surface area contributed by atoms with Gasteiger partial charge in [-0.05, 0) is 30.4 Å². The molecular weight excluding hydrogens is 1080 g/mol. The lowest BCUT2D eigenvalue weighted by molar-refractivity contribution is -0.485. The van der Waals surface area contributed by atoms with Crippen LogP contribution in [0.3, 0.4) is 0 Å². The summed E-state index contributed by atoms with van der Waals surface area (Å²) in [7, 11) is 0. The van der Waals surface area contributed by atoms with Gasteiger partial charge >= 0.3 is 0 Å². The monoisotopic (exact) mass is 1160 g/mol. The Balaban J connectivity index is 0.707. The molecule has 2 aromatic rings. The van der Waals surface area contributed by atoms with Gasteiger partial charge in [0.1, 0.15) is 67.6 Å². The highest BCUT2D eigenvalue weighted by Gasteiger charge is 2.70. The molecule has 0 spiro atoms. The van der Waals surface area contributed by atoms with Gasteiger partial charge < -0.3 is 118 Å². The Hall–Kier alpha value is -3.04. The molecule has 12 N–H and O–H groups in total. The van der Waals surface area contributed by atoms with Crippen molar-refractivity contribution in [1.29, 1.82) is 0 Å². The molecule has 9 saturated heterocycles. The zero-order chi connectivity index (χ0) is 57.7. The molecule has 10 aliphatic rings. The third-order valence-electron chi connectivity index (χ3n) is 18.6. The molecule has 25 atom stereocenters. The second-order valence-electron chi connectivity index (χ2n) is 24.5. The molecule has 2 aromatic carbocycles. The van der Waals surface area contributed by atoms with Crippen molar-refractivity contribution < 1.29 is 118 Å². The zero-order valence-corrected chi connectivity index (χ0v) is 45.3. The largest absolute Gasteiger partial charge is 0.390 e. The summed E-state index contributed by atoms with van der Waals surface area (Å²) < 4.78 is 75.7. The summed E-state index contributed by atoms with van der Waals surface area (Å²) in [4.78, 5) is 0. The van der Waals surface area contributed by atoms with Crippen LogP contribution in [0.1, 0.15) is 101 Å². The van der Waals surface area contributed by atoms with Crippen LogP contribution < -0.4 is 0 Å². The van der Waals surface area contributed by atoms with E-state index in [9.17, 15) is 61.3 Å². The summed E-state index contributed by atoms with van der Waals surface area (Å²) in [6.07, 6.45) is -17.2. The summed E-state index contributed by atoms with van der Waals surface area (Å²) in [5.41, 5.74) is 1.65. The van der Waals surface area contributed by atoms with E-state index in [0.717, 1.165) is 11.1 Å². The summed E-state index contributed by atoms with van der Waals surface area (Å²) >= 11 is 0. The first-order valence-electron chi connectivity index (χ1n) is 28.7. The quantitative estimate of drug-likeness (QED) is 0.108. The highest BCUT2D eigenvalue weighted by molar-refractivity contribution is 5.16. The molecule has 0 amide bonds. The van der Waals surface area contributed by atoms with Crippen molar-refractivity contribution in [3.63, 3.8) is 0 Å². The van der Waals surface area contributed by atoms with Gasteiger partial charge in [-0.1, -0.05) is 78.9 Å². The number of hydrogen-bond acceptors (Lipinski definition) is 24. The van der Waals surface area contributed by atoms with Gasteiger partial charge in [0, 0.05) is 64.2 Å². The van der Waals surface area contributed by atoms with Crippen LogP contribution in [0, 0.1) is 0 Å². The Morgan fingerprint density at radius 3 is 1.90 bits per heavy atom. The molecule has 0 saturated carbocycles. The van der Waals surface area contributed by atoms with E-state index in [1.54, 1.807) is 12.2 Å². The van der Waals surface area contributed by atoms with E-state index < -0.39 is 170 Å². The minimum absolute atomic E-state index is 0.0116. The molecule has 0 aliphatic carbocycles. The molecule has 10 heterocycles. The third kappa shape index (κ3) is 11.2. The summed E-state index contributed by atoms with van der Waals surface area (Å²) in [5.74, 6) is -17.5. The van der Waals surface area contributed by atoms with Gasteiger partial charge in [-0.3, -0.25) is 0 Å². The smallest absolute Gasteiger partial charge is 0.219 e. The molecular formula is C58H78O24. The van der Waals surface area contributed by atoms with E-state index in [-0.39, 0.29) is 90.3 Å². The summed E-state index contributed by atoms with van der Waals surface area (Å²) in [5, 5.41) is 140. The molecule has 25 unspecified atom stereocenters. The Morgan fingerprint density at radius 2 is 1.17 bits per heavy atom. The fraction of sp³-hybridized carbons (Fsp3) is 0.724. The summed E-state index contributed by atoms with van der Waals surface area (Å²) in [6, 6.07) is 18.6. The van der Waals surface area contributed by atoms with Crippen molar-refractivity contribution in [3.05, 3.63) is 96.6 Å². The van der Waals surface area contributed by atoms with Gasteiger partial charge in [-0.15, -0.1) is 6.58 Å². The Kier molecular flexibility index (Phi) is 16.1. The van der Waals surface area contributed by atoms with Crippen LogP contribution in [-0.4, -0.2) is 218 Å². The maximum Gasteiger partial charge on any atom is 0.219 e. The number of hydrogen-bond donors (Lipinski definition) is 12. The number of ether oxygens (including phenoxy) is 12. The van der Waals surface area contributed by atoms with Gasteiger partial charge in [0.15, 0.2) is 34.7 Å². The minimum Gasteiger partial charge on any atom is -0.390 e. The topological polar surface area (TPSA) is 354 Å². The van der Waals surface area contributed by atoms with Gasteiger partial charge in [0.25, 0.3) is 0 Å². The van der Waals surface area contributed by atoms with Gasteiger partial charge in [-0.25, -0.2) is 0 Å². The molecule has 0 aromatic heterocycles. The van der Waals surface area contributed by atoms with Crippen molar-refractivity contribution in [1.82, 2.24) is 0 Å². The maximum atomic E-state index is 12.5. The first kappa shape index (κ1) is 59.3. The molecule has 12 rings (SSSR count). The lowest BCUT2D eigenvalue weighted by Gasteiger charge is -2.60. The molecule has 24 nitrogen and oxygen atoms in total. The van der Waals surface area contributed by atoms with Crippen molar-refractivity contribution in [3.8, 4) is 0 Å². The Labute approximate surface area is 473 Å². The van der Waals surface area contributed by atoms with E-state index >= 15 is 0 Å². The van der Waals surface area contributed by atoms with Crippen LogP contribution in [0.4, 0.5) is 0 Å². The van der Waals surface area contributed by atoms with E-state index in [1.807, 2.05) is 60.7 Å². The second kappa shape index (κ2) is 22.3. The molecule has 10 aliphatic heterocycles. The lowest BCUT2D eigenvalue weighted by atomic mass is 9.79. The first-order valence-corrected chi connectivity index (χ1v) is 28.7. The number of benzene rings is 2. The van der Waals surface area contributed by atoms with Crippen LogP contribution >= 0.6 is 0 Å². The first-order chi connectivity index (χ1) is 38.9. The zero-order valence-electron chi connectivity index (χ0n) is 45.3. The van der Waals surface area contributed by atoms with Crippen LogP contribution in [0.2, 0.25) is 0 Å². The Bertz CT molecular complexity index is 2590. The Morgan fingerprint density at radius 1 is 0.549 bits per heavy atom. The third-order valence-corrected chi connectivity index (χ3v) is 18.6. The van der Waals surface area contributed by atoms with E-state index in [2.05, 4.69) is 6.58 Å². The average Bonchev–Trinajstić information content (AvgIpc) is 2.56. The number of rotatable bonds is 14. The number of fused-ring (bicyclic) bond motifs is 9. The highest BCUT2D eigenvalue weighted by Crippen LogP contribution is 2.56. The van der Waals surface area contributed by atoms with Crippen molar-refractivity contribution in [2.45, 2.75) is 253 Å². The average molecular weight is 1160 g/mol. The molecule has 82 heavy (non-hydrogen) atoms. The fourth-order valence-corrected chi connectivity index (χ4v) is 14.1. The van der Waals surface area contributed by atoms with Crippen LogP contribution in [-0.2, 0) is 70.1 Å². The van der Waals surface area contributed by atoms with Crippen LogP contribution in [0.15, 0.2) is 85.5 Å². The number of aliphatic hydroxyl groups is 12. The van der Waals surface area contributed by atoms with Crippen molar-refractivity contribution >= 4 is 0 Å². The standard InChI is InChI=1S/C58H78O24/c1-2-10-34(59)35(60)21-36(61)50(62)39-17-18-52(64)44(75-39)24-47-57(69,81-52)30-56(68)43(76-47)22-40-38(78-56)16-9-15-37-41(73-40)26-54(66)46(74-37)25-45-53(65,80-54)20-19-51(63)49(77-45)27-55(67)48(79-51)23-42(72-29-33-13-7-4-8-14-33)58(70,82-55)31-71-28-32-11-5-3-6-12-32/h2-9,11-14,16,34-50,59-70H,1,10,15,17-31H2/b16-9-. The molecule has 0 bridgehead atoms. The van der Waals surface area contributed by atoms with Gasteiger partial charge in [0.2, 0.25) is 11.6 Å². The van der Waals surface area contributed by atoms with Crippen molar-refractivity contribution in [2.75, 3.05) is 6.61 Å². The van der Waals surface area contributed by atoms with Crippen LogP contribution in [0.25, 0.3) is 0 Å². The fourth-order valence-electron chi connectivity index (χ4n) is 14.1. The molecule has 9 fully saturated rings. The van der Waals surface area contributed by atoms with Crippen molar-refractivity contribution in [2.24, 2.45) is 0 Å². The molecule has 0 radical (unpaired) electrons. The van der Waals surface area contributed by atoms with E-state index in [0.29, 0.717) is 0 Å². The van der Waals surface area contributed by atoms with Crippen LogP contribution in [0.5, 0.6) is 0 Å². The predicted molar refractivity (Wildman–Crippen MR) is 275 cm³/mol. The van der Waals surface area contributed by atoms with Gasteiger partial charge in [0.05, 0.1) is 62.4 Å². The molecule has 24 heteroatoms. The summed E-state index contributed by atoms with van der Waals surface area (Å²) in [6.45, 7) is 3.32.